The molecule has 0 N–H and O–H groups in total. The van der Waals surface area contributed by atoms with Gasteiger partial charge in [0.25, 0.3) is 0 Å². The molecule has 0 amide bonds. The topological polar surface area (TPSA) is 74.2 Å². The number of rotatable bonds is 4. The average Bonchev–Trinajstić information content (AvgIpc) is 2.74. The maximum absolute atomic E-state index is 12.0. The van der Waals surface area contributed by atoms with Gasteiger partial charge in [-0.2, -0.15) is 0 Å². The van der Waals surface area contributed by atoms with Gasteiger partial charge in [0, 0.05) is 6.42 Å². The van der Waals surface area contributed by atoms with Crippen LogP contribution in [-0.4, -0.2) is 30.9 Å². The van der Waals surface area contributed by atoms with Gasteiger partial charge in [-0.25, -0.2) is 4.79 Å². The van der Waals surface area contributed by atoms with Gasteiger partial charge in [0.2, 0.25) is 0 Å². The highest BCUT2D eigenvalue weighted by molar-refractivity contribution is 6.32. The predicted octanol–water partition coefficient (Wildman–Crippen LogP) is 5.86. The third kappa shape index (κ3) is 10.6. The minimum atomic E-state index is -0.582. The second-order valence-electron chi connectivity index (χ2n) is 7.49. The Hall–Kier alpha value is -2.08. The second-order valence-corrected chi connectivity index (χ2v) is 7.90. The fourth-order valence-electron chi connectivity index (χ4n) is 3.25. The fourth-order valence-corrected chi connectivity index (χ4v) is 3.44. The molecule has 0 atom stereocenters. The molecule has 6 nitrogen and oxygen atoms in total. The Balaban J connectivity index is 1.81. The van der Waals surface area contributed by atoms with Crippen LogP contribution >= 0.6 is 11.6 Å². The Labute approximate surface area is 183 Å². The summed E-state index contributed by atoms with van der Waals surface area (Å²) in [4.78, 5) is 28.8. The van der Waals surface area contributed by atoms with Crippen molar-refractivity contribution in [2.45, 2.75) is 77.0 Å². The average molecular weight is 438 g/mol. The molecule has 7 heteroatoms. The van der Waals surface area contributed by atoms with Crippen LogP contribution in [0.15, 0.2) is 29.4 Å². The van der Waals surface area contributed by atoms with Crippen LogP contribution in [0.25, 0.3) is 0 Å². The number of ether oxygens (including phenoxy) is 2. The van der Waals surface area contributed by atoms with Gasteiger partial charge in [-0.3, -0.25) is 4.79 Å². The summed E-state index contributed by atoms with van der Waals surface area (Å²) in [6.45, 7) is 0.0968. The predicted molar refractivity (Wildman–Crippen MR) is 117 cm³/mol. The number of halogens is 1. The SMILES string of the molecule is O=C1CCCCCCCCCC/C(=N\OC(=O)COc2ccccc2Cl)CCCO1. The van der Waals surface area contributed by atoms with E-state index in [2.05, 4.69) is 5.16 Å². The summed E-state index contributed by atoms with van der Waals surface area (Å²) in [7, 11) is 0. The Morgan fingerprint density at radius 2 is 1.57 bits per heavy atom. The van der Waals surface area contributed by atoms with Crippen molar-refractivity contribution in [3.05, 3.63) is 29.3 Å². The van der Waals surface area contributed by atoms with E-state index in [-0.39, 0.29) is 12.6 Å². The van der Waals surface area contributed by atoms with Gasteiger partial charge in [-0.15, -0.1) is 0 Å². The summed E-state index contributed by atoms with van der Waals surface area (Å²) in [5.41, 5.74) is 0.809. The summed E-state index contributed by atoms with van der Waals surface area (Å²) in [6, 6.07) is 6.94. The lowest BCUT2D eigenvalue weighted by Gasteiger charge is -2.09. The van der Waals surface area contributed by atoms with Crippen LogP contribution in [0.4, 0.5) is 0 Å². The van der Waals surface area contributed by atoms with Crippen LogP contribution in [0, 0.1) is 0 Å². The van der Waals surface area contributed by atoms with Crippen LogP contribution in [0.1, 0.15) is 77.0 Å². The van der Waals surface area contributed by atoms with Crippen molar-refractivity contribution < 1.29 is 23.9 Å². The third-order valence-corrected chi connectivity index (χ3v) is 5.24. The summed E-state index contributed by atoms with van der Waals surface area (Å²) in [5.74, 6) is -0.292. The van der Waals surface area contributed by atoms with Gasteiger partial charge < -0.3 is 14.3 Å². The van der Waals surface area contributed by atoms with E-state index >= 15 is 0 Å². The zero-order valence-corrected chi connectivity index (χ0v) is 18.3. The van der Waals surface area contributed by atoms with Gasteiger partial charge in [-0.05, 0) is 44.2 Å². The summed E-state index contributed by atoms with van der Waals surface area (Å²) in [5, 5.41) is 4.49. The third-order valence-electron chi connectivity index (χ3n) is 4.93. The van der Waals surface area contributed by atoms with E-state index < -0.39 is 5.97 Å². The zero-order chi connectivity index (χ0) is 21.4. The molecule has 1 aliphatic rings. The number of oxime groups is 1. The molecule has 30 heavy (non-hydrogen) atoms. The van der Waals surface area contributed by atoms with E-state index in [0.29, 0.717) is 36.6 Å². The second kappa shape index (κ2) is 14.8. The van der Waals surface area contributed by atoms with Crippen molar-refractivity contribution >= 4 is 29.3 Å². The first-order chi connectivity index (χ1) is 14.6. The highest BCUT2D eigenvalue weighted by atomic mass is 35.5. The van der Waals surface area contributed by atoms with Crippen molar-refractivity contribution in [1.29, 1.82) is 0 Å². The molecule has 1 aliphatic heterocycles. The number of para-hydroxylation sites is 1. The van der Waals surface area contributed by atoms with Crippen LogP contribution in [0.5, 0.6) is 5.75 Å². The normalized spacial score (nSPS) is 19.1. The van der Waals surface area contributed by atoms with Crippen molar-refractivity contribution in [3.63, 3.8) is 0 Å². The van der Waals surface area contributed by atoms with E-state index in [4.69, 9.17) is 25.9 Å². The number of hydrogen-bond acceptors (Lipinski definition) is 6. The number of carbonyl (C=O) groups is 2. The lowest BCUT2D eigenvalue weighted by Crippen LogP contribution is -2.14. The number of hydrogen-bond donors (Lipinski definition) is 0. The summed E-state index contributed by atoms with van der Waals surface area (Å²) in [6.07, 6.45) is 11.5. The lowest BCUT2D eigenvalue weighted by atomic mass is 10.0. The minimum absolute atomic E-state index is 0.135. The molecule has 0 radical (unpaired) electrons. The molecule has 1 fully saturated rings. The minimum Gasteiger partial charge on any atom is -0.480 e. The molecule has 0 aromatic heterocycles. The summed E-state index contributed by atoms with van der Waals surface area (Å²) < 4.78 is 10.7. The number of nitrogens with zero attached hydrogens (tertiary/aromatic N) is 1. The Kier molecular flexibility index (Phi) is 12.0. The largest absolute Gasteiger partial charge is 0.480 e. The van der Waals surface area contributed by atoms with E-state index in [1.54, 1.807) is 24.3 Å². The maximum Gasteiger partial charge on any atom is 0.372 e. The molecule has 1 saturated heterocycles. The van der Waals surface area contributed by atoms with E-state index in [1.807, 2.05) is 0 Å². The highest BCUT2D eigenvalue weighted by Crippen LogP contribution is 2.23. The van der Waals surface area contributed by atoms with Crippen LogP contribution < -0.4 is 4.74 Å². The van der Waals surface area contributed by atoms with Crippen molar-refractivity contribution in [3.8, 4) is 5.75 Å². The monoisotopic (exact) mass is 437 g/mol. The Morgan fingerprint density at radius 1 is 0.933 bits per heavy atom. The number of carbonyl (C=O) groups excluding carboxylic acids is 2. The highest BCUT2D eigenvalue weighted by Gasteiger charge is 2.10. The van der Waals surface area contributed by atoms with E-state index in [9.17, 15) is 9.59 Å². The van der Waals surface area contributed by atoms with Gasteiger partial charge in [0.15, 0.2) is 6.61 Å². The Morgan fingerprint density at radius 3 is 2.30 bits per heavy atom. The van der Waals surface area contributed by atoms with Gasteiger partial charge in [0.1, 0.15) is 5.75 Å². The quantitative estimate of drug-likeness (QED) is 0.335. The first kappa shape index (κ1) is 24.2. The van der Waals surface area contributed by atoms with Gasteiger partial charge in [0.05, 0.1) is 17.3 Å². The molecular weight excluding hydrogens is 406 g/mol. The first-order valence-electron chi connectivity index (χ1n) is 10.9. The number of benzene rings is 1. The van der Waals surface area contributed by atoms with Crippen LogP contribution in [0.3, 0.4) is 0 Å². The molecule has 2 rings (SSSR count). The van der Waals surface area contributed by atoms with Gasteiger partial charge >= 0.3 is 11.9 Å². The molecule has 0 unspecified atom stereocenters. The standard InChI is InChI=1S/C23H32ClNO5/c24-20-14-9-10-15-21(20)29-18-23(27)30-25-19-12-7-5-3-1-2-4-6-8-16-22(26)28-17-11-13-19/h9-10,14-15H,1-8,11-13,16-18H2/b25-19+. The fraction of sp³-hybridized carbons (Fsp3) is 0.609. The lowest BCUT2D eigenvalue weighted by molar-refractivity contribution is -0.146. The molecular formula is C23H32ClNO5. The Bertz CT molecular complexity index is 692. The van der Waals surface area contributed by atoms with E-state index in [1.165, 1.54) is 25.7 Å². The molecule has 1 aromatic carbocycles. The van der Waals surface area contributed by atoms with Gasteiger partial charge in [-0.1, -0.05) is 67.4 Å². The van der Waals surface area contributed by atoms with Crippen molar-refractivity contribution in [1.82, 2.24) is 0 Å². The molecule has 0 aliphatic carbocycles. The number of cyclic esters (lactones) is 1. The number of esters is 1. The van der Waals surface area contributed by atoms with Crippen LogP contribution in [-0.2, 0) is 19.2 Å². The molecule has 1 heterocycles. The van der Waals surface area contributed by atoms with Crippen molar-refractivity contribution in [2.24, 2.45) is 5.16 Å². The molecule has 166 valence electrons. The van der Waals surface area contributed by atoms with E-state index in [0.717, 1.165) is 37.8 Å². The zero-order valence-electron chi connectivity index (χ0n) is 17.6. The van der Waals surface area contributed by atoms with Crippen LogP contribution in [0.2, 0.25) is 5.02 Å². The maximum atomic E-state index is 12.0. The molecule has 0 saturated carbocycles. The molecule has 1 aromatic rings. The molecule has 0 bridgehead atoms. The summed E-state index contributed by atoms with van der Waals surface area (Å²) >= 11 is 6.00. The van der Waals surface area contributed by atoms with Crippen molar-refractivity contribution in [2.75, 3.05) is 13.2 Å². The smallest absolute Gasteiger partial charge is 0.372 e. The first-order valence-corrected chi connectivity index (χ1v) is 11.3. The molecule has 0 spiro atoms.